The predicted octanol–water partition coefficient (Wildman–Crippen LogP) is 1.74. The van der Waals surface area contributed by atoms with Gasteiger partial charge in [0.2, 0.25) is 5.91 Å². The van der Waals surface area contributed by atoms with Crippen molar-refractivity contribution in [3.05, 3.63) is 29.8 Å². The van der Waals surface area contributed by atoms with Crippen LogP contribution in [0.4, 0.5) is 0 Å². The summed E-state index contributed by atoms with van der Waals surface area (Å²) in [4.78, 5) is 25.3. The highest BCUT2D eigenvalue weighted by molar-refractivity contribution is 5.92. The number of hydrogen-bond donors (Lipinski definition) is 1. The fraction of sp³-hybridized carbons (Fsp3) is 0.474. The van der Waals surface area contributed by atoms with Crippen molar-refractivity contribution in [2.75, 3.05) is 40.5 Å². The van der Waals surface area contributed by atoms with Gasteiger partial charge in [-0.2, -0.15) is 0 Å². The number of nitrogens with zero attached hydrogens (tertiary/aromatic N) is 1. The van der Waals surface area contributed by atoms with Crippen LogP contribution in [0.25, 0.3) is 6.08 Å². The summed E-state index contributed by atoms with van der Waals surface area (Å²) in [6.45, 7) is 4.20. The van der Waals surface area contributed by atoms with Gasteiger partial charge in [0.05, 0.1) is 33.4 Å². The lowest BCUT2D eigenvalue weighted by Crippen LogP contribution is -2.38. The van der Waals surface area contributed by atoms with Crippen molar-refractivity contribution < 1.29 is 28.9 Å². The smallest absolute Gasteiger partial charge is 0.310 e. The molecule has 0 aliphatic carbocycles. The monoisotopic (exact) mass is 365 g/mol. The first-order chi connectivity index (χ1) is 12.5. The minimum atomic E-state index is -0.477. The minimum absolute atomic E-state index is 0.136. The van der Waals surface area contributed by atoms with E-state index in [0.717, 1.165) is 5.56 Å². The molecule has 0 spiro atoms. The second-order valence-corrected chi connectivity index (χ2v) is 5.61. The lowest BCUT2D eigenvalue weighted by atomic mass is 10.1. The molecule has 7 heteroatoms. The van der Waals surface area contributed by atoms with Crippen LogP contribution in [0.1, 0.15) is 19.4 Å². The molecule has 1 aromatic carbocycles. The quantitative estimate of drug-likeness (QED) is 0.502. The van der Waals surface area contributed by atoms with E-state index in [1.54, 1.807) is 32.2 Å². The molecule has 144 valence electrons. The highest BCUT2D eigenvalue weighted by atomic mass is 16.5. The molecule has 1 unspecified atom stereocenters. The van der Waals surface area contributed by atoms with E-state index in [4.69, 9.17) is 14.6 Å². The predicted molar refractivity (Wildman–Crippen MR) is 98.0 cm³/mol. The summed E-state index contributed by atoms with van der Waals surface area (Å²) in [6.07, 6.45) is 3.04. The van der Waals surface area contributed by atoms with E-state index >= 15 is 0 Å². The van der Waals surface area contributed by atoms with E-state index in [1.807, 2.05) is 13.0 Å². The molecule has 0 fully saturated rings. The SMILES string of the molecule is CCOc1ccc(/C=C/C(=O)N(CCO)CC(C)C(=O)OC)cc1OC. The van der Waals surface area contributed by atoms with Crippen LogP contribution in [0.15, 0.2) is 24.3 Å². The van der Waals surface area contributed by atoms with Gasteiger partial charge in [0.25, 0.3) is 0 Å². The Morgan fingerprint density at radius 2 is 2.00 bits per heavy atom. The summed E-state index contributed by atoms with van der Waals surface area (Å²) in [5.74, 6) is 0.0263. The van der Waals surface area contributed by atoms with Crippen LogP contribution >= 0.6 is 0 Å². The molecule has 0 aliphatic rings. The fourth-order valence-electron chi connectivity index (χ4n) is 2.35. The van der Waals surface area contributed by atoms with Crippen LogP contribution in [-0.2, 0) is 14.3 Å². The van der Waals surface area contributed by atoms with Crippen LogP contribution in [0.2, 0.25) is 0 Å². The van der Waals surface area contributed by atoms with Gasteiger partial charge in [-0.05, 0) is 30.7 Å². The van der Waals surface area contributed by atoms with E-state index in [-0.39, 0.29) is 25.6 Å². The van der Waals surface area contributed by atoms with Crippen LogP contribution in [0, 0.1) is 5.92 Å². The molecule has 0 aromatic heterocycles. The Balaban J connectivity index is 2.86. The average molecular weight is 365 g/mol. The number of benzene rings is 1. The maximum Gasteiger partial charge on any atom is 0.310 e. The zero-order chi connectivity index (χ0) is 19.5. The van der Waals surface area contributed by atoms with E-state index in [0.29, 0.717) is 18.1 Å². The number of carbonyl (C=O) groups is 2. The Morgan fingerprint density at radius 3 is 2.58 bits per heavy atom. The highest BCUT2D eigenvalue weighted by Gasteiger charge is 2.19. The topological polar surface area (TPSA) is 85.3 Å². The minimum Gasteiger partial charge on any atom is -0.493 e. The molecule has 1 rings (SSSR count). The Hall–Kier alpha value is -2.54. The summed E-state index contributed by atoms with van der Waals surface area (Å²) < 4.78 is 15.4. The number of aliphatic hydroxyl groups excluding tert-OH is 1. The third kappa shape index (κ3) is 6.40. The molecule has 0 radical (unpaired) electrons. The van der Waals surface area contributed by atoms with Crippen LogP contribution in [-0.4, -0.2) is 62.4 Å². The van der Waals surface area contributed by atoms with Crippen molar-refractivity contribution >= 4 is 18.0 Å². The number of ether oxygens (including phenoxy) is 3. The van der Waals surface area contributed by atoms with E-state index in [9.17, 15) is 9.59 Å². The van der Waals surface area contributed by atoms with Gasteiger partial charge in [-0.3, -0.25) is 9.59 Å². The summed E-state index contributed by atoms with van der Waals surface area (Å²) in [5.41, 5.74) is 0.767. The number of esters is 1. The molecule has 1 N–H and O–H groups in total. The number of methoxy groups -OCH3 is 2. The maximum absolute atomic E-state index is 12.4. The van der Waals surface area contributed by atoms with Gasteiger partial charge < -0.3 is 24.2 Å². The molecule has 0 aliphatic heterocycles. The largest absolute Gasteiger partial charge is 0.493 e. The number of amides is 1. The van der Waals surface area contributed by atoms with Crippen molar-refractivity contribution in [3.63, 3.8) is 0 Å². The summed E-state index contributed by atoms with van der Waals surface area (Å²) in [5, 5.41) is 9.16. The summed E-state index contributed by atoms with van der Waals surface area (Å²) >= 11 is 0. The summed E-state index contributed by atoms with van der Waals surface area (Å²) in [7, 11) is 2.85. The van der Waals surface area contributed by atoms with Crippen molar-refractivity contribution in [1.82, 2.24) is 4.90 Å². The highest BCUT2D eigenvalue weighted by Crippen LogP contribution is 2.28. The molecule has 1 amide bonds. The number of hydrogen-bond acceptors (Lipinski definition) is 6. The van der Waals surface area contributed by atoms with Gasteiger partial charge in [-0.1, -0.05) is 13.0 Å². The molecule has 0 saturated heterocycles. The third-order valence-corrected chi connectivity index (χ3v) is 3.69. The van der Waals surface area contributed by atoms with Gasteiger partial charge in [0.15, 0.2) is 11.5 Å². The lowest BCUT2D eigenvalue weighted by molar-refractivity contribution is -0.146. The number of rotatable bonds is 10. The third-order valence-electron chi connectivity index (χ3n) is 3.69. The Morgan fingerprint density at radius 1 is 1.27 bits per heavy atom. The van der Waals surface area contributed by atoms with Crippen molar-refractivity contribution in [2.24, 2.45) is 5.92 Å². The molecule has 26 heavy (non-hydrogen) atoms. The Bertz CT molecular complexity index is 628. The van der Waals surface area contributed by atoms with Gasteiger partial charge in [0, 0.05) is 19.2 Å². The average Bonchev–Trinajstić information content (AvgIpc) is 2.65. The Kier molecular flexibility index (Phi) is 9.22. The zero-order valence-corrected chi connectivity index (χ0v) is 15.7. The standard InChI is InChI=1S/C19H27NO6/c1-5-26-16-8-6-15(12-17(16)24-3)7-9-18(22)20(10-11-21)13-14(2)19(23)25-4/h6-9,12,14,21H,5,10-11,13H2,1-4H3/b9-7+. The van der Waals surface area contributed by atoms with Crippen LogP contribution < -0.4 is 9.47 Å². The van der Waals surface area contributed by atoms with Crippen molar-refractivity contribution in [3.8, 4) is 11.5 Å². The van der Waals surface area contributed by atoms with E-state index in [1.165, 1.54) is 18.1 Å². The van der Waals surface area contributed by atoms with Gasteiger partial charge in [-0.15, -0.1) is 0 Å². The first-order valence-electron chi connectivity index (χ1n) is 8.43. The molecule has 0 saturated carbocycles. The number of aliphatic hydroxyl groups is 1. The zero-order valence-electron chi connectivity index (χ0n) is 15.7. The van der Waals surface area contributed by atoms with E-state index in [2.05, 4.69) is 4.74 Å². The number of carbonyl (C=O) groups excluding carboxylic acids is 2. The van der Waals surface area contributed by atoms with Crippen molar-refractivity contribution in [2.45, 2.75) is 13.8 Å². The fourth-order valence-corrected chi connectivity index (χ4v) is 2.35. The van der Waals surface area contributed by atoms with Gasteiger partial charge in [-0.25, -0.2) is 0 Å². The second kappa shape index (κ2) is 11.1. The van der Waals surface area contributed by atoms with E-state index < -0.39 is 11.9 Å². The van der Waals surface area contributed by atoms with Gasteiger partial charge in [0.1, 0.15) is 0 Å². The summed E-state index contributed by atoms with van der Waals surface area (Å²) in [6, 6.07) is 5.35. The van der Waals surface area contributed by atoms with Crippen molar-refractivity contribution in [1.29, 1.82) is 0 Å². The first-order valence-corrected chi connectivity index (χ1v) is 8.43. The van der Waals surface area contributed by atoms with Crippen LogP contribution in [0.5, 0.6) is 11.5 Å². The molecule has 0 bridgehead atoms. The normalized spacial score (nSPS) is 11.9. The maximum atomic E-state index is 12.4. The molecule has 1 atom stereocenters. The first kappa shape index (κ1) is 21.5. The molecular formula is C19H27NO6. The molecule has 0 heterocycles. The van der Waals surface area contributed by atoms with Crippen LogP contribution in [0.3, 0.4) is 0 Å². The molecule has 7 nitrogen and oxygen atoms in total. The molecule has 1 aromatic rings. The van der Waals surface area contributed by atoms with Gasteiger partial charge >= 0.3 is 5.97 Å². The second-order valence-electron chi connectivity index (χ2n) is 5.61. The lowest BCUT2D eigenvalue weighted by Gasteiger charge is -2.22. The Labute approximate surface area is 154 Å². The molecular weight excluding hydrogens is 338 g/mol.